The lowest BCUT2D eigenvalue weighted by atomic mass is 9.79. The number of aliphatic hydroxyl groups is 1. The van der Waals surface area contributed by atoms with Crippen molar-refractivity contribution in [2.45, 2.75) is 31.3 Å². The number of aliphatic carboxylic acids is 1. The quantitative estimate of drug-likeness (QED) is 0.800. The zero-order valence-electron chi connectivity index (χ0n) is 10.9. The van der Waals surface area contributed by atoms with E-state index in [1.165, 1.54) is 12.1 Å². The Balaban J connectivity index is 1.96. The van der Waals surface area contributed by atoms with Gasteiger partial charge in [-0.1, -0.05) is 17.7 Å². The molecule has 3 N–H and O–H groups in total. The summed E-state index contributed by atoms with van der Waals surface area (Å²) in [6.07, 6.45) is 1.61. The van der Waals surface area contributed by atoms with Gasteiger partial charge in [-0.25, -0.2) is 4.39 Å². The summed E-state index contributed by atoms with van der Waals surface area (Å²) in [4.78, 5) is 10.9. The molecule has 1 aliphatic carbocycles. The molecule has 110 valence electrons. The van der Waals surface area contributed by atoms with Crippen LogP contribution >= 0.6 is 11.6 Å². The number of carbonyl (C=O) groups is 1. The Bertz CT molecular complexity index is 481. The summed E-state index contributed by atoms with van der Waals surface area (Å²) in [7, 11) is 0. The molecule has 0 unspecified atom stereocenters. The van der Waals surface area contributed by atoms with E-state index in [-0.39, 0.29) is 17.3 Å². The minimum Gasteiger partial charge on any atom is -0.481 e. The van der Waals surface area contributed by atoms with Gasteiger partial charge in [0.1, 0.15) is 5.82 Å². The van der Waals surface area contributed by atoms with Crippen molar-refractivity contribution >= 4 is 23.3 Å². The van der Waals surface area contributed by atoms with Gasteiger partial charge in [0.15, 0.2) is 0 Å². The molecule has 1 aromatic carbocycles. The molecule has 20 heavy (non-hydrogen) atoms. The summed E-state index contributed by atoms with van der Waals surface area (Å²) in [6.45, 7) is 0.153. The number of hydrogen-bond donors (Lipinski definition) is 3. The fourth-order valence-corrected chi connectivity index (χ4v) is 2.73. The van der Waals surface area contributed by atoms with Crippen LogP contribution in [-0.4, -0.2) is 28.3 Å². The number of halogens is 2. The Morgan fingerprint density at radius 3 is 2.65 bits per heavy atom. The zero-order chi connectivity index (χ0) is 14.8. The zero-order valence-corrected chi connectivity index (χ0v) is 11.7. The van der Waals surface area contributed by atoms with Crippen molar-refractivity contribution < 1.29 is 19.4 Å². The number of rotatable bonds is 4. The van der Waals surface area contributed by atoms with E-state index in [1.54, 1.807) is 6.07 Å². The highest BCUT2D eigenvalue weighted by atomic mass is 35.5. The standard InChI is InChI=1S/C14H17ClFNO3/c15-10-2-1-3-11(16)12(10)17-8-14(20)6-4-9(5-7-14)13(18)19/h1-3,9,17,20H,4-8H2,(H,18,19). The highest BCUT2D eigenvalue weighted by molar-refractivity contribution is 6.33. The Morgan fingerprint density at radius 2 is 2.10 bits per heavy atom. The van der Waals surface area contributed by atoms with Crippen LogP contribution in [0.15, 0.2) is 18.2 Å². The van der Waals surface area contributed by atoms with E-state index >= 15 is 0 Å². The summed E-state index contributed by atoms with van der Waals surface area (Å²) >= 11 is 5.90. The van der Waals surface area contributed by atoms with Gasteiger partial charge in [0.25, 0.3) is 0 Å². The first kappa shape index (κ1) is 15.1. The molecule has 0 aliphatic heterocycles. The molecule has 4 nitrogen and oxygen atoms in total. The minimum absolute atomic E-state index is 0.153. The number of anilines is 1. The molecule has 0 spiro atoms. The molecule has 0 radical (unpaired) electrons. The lowest BCUT2D eigenvalue weighted by molar-refractivity contribution is -0.144. The maximum atomic E-state index is 13.6. The number of carboxylic acids is 1. The van der Waals surface area contributed by atoms with E-state index in [2.05, 4.69) is 5.32 Å². The summed E-state index contributed by atoms with van der Waals surface area (Å²) in [5.74, 6) is -1.69. The second-order valence-corrected chi connectivity index (χ2v) is 5.69. The maximum absolute atomic E-state index is 13.6. The Morgan fingerprint density at radius 1 is 1.45 bits per heavy atom. The van der Waals surface area contributed by atoms with E-state index in [1.807, 2.05) is 0 Å². The van der Waals surface area contributed by atoms with Crippen molar-refractivity contribution in [1.29, 1.82) is 0 Å². The topological polar surface area (TPSA) is 69.6 Å². The first-order valence-electron chi connectivity index (χ1n) is 6.54. The summed E-state index contributed by atoms with van der Waals surface area (Å²) < 4.78 is 13.6. The van der Waals surface area contributed by atoms with Gasteiger partial charge in [-0.15, -0.1) is 0 Å². The van der Waals surface area contributed by atoms with E-state index in [4.69, 9.17) is 16.7 Å². The van der Waals surface area contributed by atoms with Crippen LogP contribution in [0.4, 0.5) is 10.1 Å². The number of benzene rings is 1. The highest BCUT2D eigenvalue weighted by Gasteiger charge is 2.35. The normalized spacial score (nSPS) is 26.2. The van der Waals surface area contributed by atoms with Crippen molar-refractivity contribution in [2.75, 3.05) is 11.9 Å². The van der Waals surface area contributed by atoms with Crippen molar-refractivity contribution in [3.63, 3.8) is 0 Å². The van der Waals surface area contributed by atoms with Gasteiger partial charge in [0.2, 0.25) is 0 Å². The molecule has 1 fully saturated rings. The van der Waals surface area contributed by atoms with E-state index in [0.29, 0.717) is 25.7 Å². The van der Waals surface area contributed by atoms with Crippen LogP contribution < -0.4 is 5.32 Å². The molecular formula is C14H17ClFNO3. The molecule has 0 amide bonds. The molecule has 1 saturated carbocycles. The van der Waals surface area contributed by atoms with Crippen molar-refractivity contribution in [3.8, 4) is 0 Å². The lowest BCUT2D eigenvalue weighted by Crippen LogP contribution is -2.42. The molecule has 0 bridgehead atoms. The van der Waals surface area contributed by atoms with Gasteiger partial charge in [-0.05, 0) is 37.8 Å². The Labute approximate surface area is 121 Å². The van der Waals surface area contributed by atoms with Gasteiger partial charge >= 0.3 is 5.97 Å². The van der Waals surface area contributed by atoms with Crippen molar-refractivity contribution in [2.24, 2.45) is 5.92 Å². The lowest BCUT2D eigenvalue weighted by Gasteiger charge is -2.35. The Hall–Kier alpha value is -1.33. The molecule has 0 atom stereocenters. The second-order valence-electron chi connectivity index (χ2n) is 5.29. The van der Waals surface area contributed by atoms with Gasteiger partial charge < -0.3 is 15.5 Å². The first-order chi connectivity index (χ1) is 9.41. The van der Waals surface area contributed by atoms with Crippen LogP contribution in [0.5, 0.6) is 0 Å². The Kier molecular flexibility index (Phi) is 4.50. The molecular weight excluding hydrogens is 285 g/mol. The van der Waals surface area contributed by atoms with Crippen LogP contribution in [0, 0.1) is 11.7 Å². The van der Waals surface area contributed by atoms with Crippen LogP contribution in [0.25, 0.3) is 0 Å². The maximum Gasteiger partial charge on any atom is 0.306 e. The summed E-state index contributed by atoms with van der Waals surface area (Å²) in [5.41, 5.74) is -0.847. The van der Waals surface area contributed by atoms with Crippen molar-refractivity contribution in [1.82, 2.24) is 0 Å². The first-order valence-corrected chi connectivity index (χ1v) is 6.92. The smallest absolute Gasteiger partial charge is 0.306 e. The summed E-state index contributed by atoms with van der Waals surface area (Å²) in [6, 6.07) is 4.37. The number of hydrogen-bond acceptors (Lipinski definition) is 3. The molecule has 2 rings (SSSR count). The molecule has 0 saturated heterocycles. The van der Waals surface area contributed by atoms with Crippen LogP contribution in [0.1, 0.15) is 25.7 Å². The molecule has 0 heterocycles. The van der Waals surface area contributed by atoms with E-state index in [9.17, 15) is 14.3 Å². The number of nitrogens with one attached hydrogen (secondary N) is 1. The average molecular weight is 302 g/mol. The van der Waals surface area contributed by atoms with Gasteiger partial charge in [-0.3, -0.25) is 4.79 Å². The molecule has 6 heteroatoms. The van der Waals surface area contributed by atoms with Gasteiger partial charge in [0.05, 0.1) is 22.2 Å². The second kappa shape index (κ2) is 5.97. The largest absolute Gasteiger partial charge is 0.481 e. The third-order valence-corrected chi connectivity index (χ3v) is 4.14. The van der Waals surface area contributed by atoms with Crippen LogP contribution in [0.2, 0.25) is 5.02 Å². The fourth-order valence-electron chi connectivity index (χ4n) is 2.50. The van der Waals surface area contributed by atoms with E-state index in [0.717, 1.165) is 0 Å². The SMILES string of the molecule is O=C(O)C1CCC(O)(CNc2c(F)cccc2Cl)CC1. The number of para-hydroxylation sites is 1. The average Bonchev–Trinajstić information content (AvgIpc) is 2.38. The third-order valence-electron chi connectivity index (χ3n) is 3.82. The predicted molar refractivity (Wildman–Crippen MR) is 74.4 cm³/mol. The monoisotopic (exact) mass is 301 g/mol. The number of carboxylic acid groups (broad SMARTS) is 1. The third kappa shape index (κ3) is 3.41. The highest BCUT2D eigenvalue weighted by Crippen LogP contribution is 2.33. The van der Waals surface area contributed by atoms with Crippen LogP contribution in [0.3, 0.4) is 0 Å². The van der Waals surface area contributed by atoms with Crippen molar-refractivity contribution in [3.05, 3.63) is 29.0 Å². The van der Waals surface area contributed by atoms with Gasteiger partial charge in [-0.2, -0.15) is 0 Å². The molecule has 1 aromatic rings. The van der Waals surface area contributed by atoms with Crippen LogP contribution in [-0.2, 0) is 4.79 Å². The van der Waals surface area contributed by atoms with E-state index < -0.39 is 23.3 Å². The fraction of sp³-hybridized carbons (Fsp3) is 0.500. The minimum atomic E-state index is -1.02. The van der Waals surface area contributed by atoms with Gasteiger partial charge in [0, 0.05) is 6.54 Å². The molecule has 1 aliphatic rings. The summed E-state index contributed by atoms with van der Waals surface area (Å²) in [5, 5.41) is 22.4. The predicted octanol–water partition coefficient (Wildman–Crippen LogP) is 2.90. The molecule has 0 aromatic heterocycles.